The van der Waals surface area contributed by atoms with E-state index in [0.29, 0.717) is 27.5 Å². The molecule has 9 heteroatoms. The lowest BCUT2D eigenvalue weighted by molar-refractivity contribution is 0.0943. The average Bonchev–Trinajstić information content (AvgIpc) is 2.74. The standard InChI is InChI=1S/C21H16ClFN4O2S/c22-15-5-11-18(12-6-15)25-21(30)27-26-20(29)14-3-9-17(10-4-14)24-19(28)13-1-7-16(23)8-2-13/h1-12H,(H,24,28)(H,26,29)(H2,25,27,30). The second-order valence-electron chi connectivity index (χ2n) is 6.08. The molecule has 0 aliphatic heterocycles. The fourth-order valence-electron chi connectivity index (χ4n) is 2.39. The molecule has 3 aromatic rings. The molecule has 0 aliphatic carbocycles. The molecule has 3 aromatic carbocycles. The second-order valence-corrected chi connectivity index (χ2v) is 6.92. The van der Waals surface area contributed by atoms with Crippen LogP contribution in [0.25, 0.3) is 0 Å². The molecule has 0 atom stereocenters. The summed E-state index contributed by atoms with van der Waals surface area (Å²) in [5, 5.41) is 6.38. The van der Waals surface area contributed by atoms with Crippen molar-refractivity contribution in [1.82, 2.24) is 10.9 Å². The van der Waals surface area contributed by atoms with Gasteiger partial charge < -0.3 is 10.6 Å². The van der Waals surface area contributed by atoms with Crippen molar-refractivity contribution in [2.45, 2.75) is 0 Å². The molecule has 0 spiro atoms. The Kier molecular flexibility index (Phi) is 6.95. The highest BCUT2D eigenvalue weighted by atomic mass is 35.5. The number of nitrogens with one attached hydrogen (secondary N) is 4. The highest BCUT2D eigenvalue weighted by Crippen LogP contribution is 2.14. The summed E-state index contributed by atoms with van der Waals surface area (Å²) in [6, 6.07) is 18.4. The van der Waals surface area contributed by atoms with Gasteiger partial charge in [0, 0.05) is 27.5 Å². The van der Waals surface area contributed by atoms with E-state index in [1.165, 1.54) is 24.3 Å². The van der Waals surface area contributed by atoms with Crippen LogP contribution in [0.5, 0.6) is 0 Å². The number of anilines is 2. The van der Waals surface area contributed by atoms with Crippen molar-refractivity contribution in [2.24, 2.45) is 0 Å². The van der Waals surface area contributed by atoms with Crippen LogP contribution in [0.3, 0.4) is 0 Å². The van der Waals surface area contributed by atoms with Gasteiger partial charge in [-0.15, -0.1) is 0 Å². The molecule has 0 aromatic heterocycles. The molecule has 0 unspecified atom stereocenters. The number of rotatable bonds is 4. The fraction of sp³-hybridized carbons (Fsp3) is 0. The van der Waals surface area contributed by atoms with Crippen molar-refractivity contribution in [3.63, 3.8) is 0 Å². The molecule has 0 heterocycles. The van der Waals surface area contributed by atoms with Crippen molar-refractivity contribution in [1.29, 1.82) is 0 Å². The third-order valence-electron chi connectivity index (χ3n) is 3.90. The van der Waals surface area contributed by atoms with E-state index >= 15 is 0 Å². The van der Waals surface area contributed by atoms with E-state index in [0.717, 1.165) is 0 Å². The summed E-state index contributed by atoms with van der Waals surface area (Å²) < 4.78 is 12.9. The van der Waals surface area contributed by atoms with Crippen LogP contribution in [-0.2, 0) is 0 Å². The number of hydrogen-bond acceptors (Lipinski definition) is 3. The number of benzene rings is 3. The molecule has 0 aliphatic rings. The summed E-state index contributed by atoms with van der Waals surface area (Å²) in [4.78, 5) is 24.4. The van der Waals surface area contributed by atoms with Crippen LogP contribution in [0, 0.1) is 5.82 Å². The number of hydrazine groups is 1. The van der Waals surface area contributed by atoms with Gasteiger partial charge in [-0.05, 0) is 85.0 Å². The maximum absolute atomic E-state index is 12.9. The van der Waals surface area contributed by atoms with Gasteiger partial charge in [0.05, 0.1) is 0 Å². The van der Waals surface area contributed by atoms with Gasteiger partial charge >= 0.3 is 0 Å². The Labute approximate surface area is 182 Å². The molecule has 2 amide bonds. The maximum Gasteiger partial charge on any atom is 0.269 e. The summed E-state index contributed by atoms with van der Waals surface area (Å²) in [5.41, 5.74) is 6.98. The molecular formula is C21H16ClFN4O2S. The first-order valence-corrected chi connectivity index (χ1v) is 9.49. The number of hydrogen-bond donors (Lipinski definition) is 4. The number of thiocarbonyl (C=S) groups is 1. The number of carbonyl (C=O) groups excluding carboxylic acids is 2. The first kappa shape index (κ1) is 21.2. The van der Waals surface area contributed by atoms with E-state index in [1.807, 2.05) is 0 Å². The quantitative estimate of drug-likeness (QED) is 0.356. The van der Waals surface area contributed by atoms with E-state index < -0.39 is 11.7 Å². The molecular weight excluding hydrogens is 427 g/mol. The summed E-state index contributed by atoms with van der Waals surface area (Å²) in [6.45, 7) is 0. The molecule has 0 radical (unpaired) electrons. The topological polar surface area (TPSA) is 82.3 Å². The van der Waals surface area contributed by atoms with Crippen LogP contribution >= 0.6 is 23.8 Å². The third kappa shape index (κ3) is 6.00. The van der Waals surface area contributed by atoms with Crippen LogP contribution in [0.2, 0.25) is 5.02 Å². The first-order chi connectivity index (χ1) is 14.4. The van der Waals surface area contributed by atoms with Gasteiger partial charge in [0.1, 0.15) is 5.82 Å². The molecule has 6 nitrogen and oxygen atoms in total. The highest BCUT2D eigenvalue weighted by Gasteiger charge is 2.09. The maximum atomic E-state index is 12.9. The zero-order chi connectivity index (χ0) is 21.5. The zero-order valence-corrected chi connectivity index (χ0v) is 17.0. The van der Waals surface area contributed by atoms with Crippen molar-refractivity contribution in [2.75, 3.05) is 10.6 Å². The molecule has 152 valence electrons. The monoisotopic (exact) mass is 442 g/mol. The summed E-state index contributed by atoms with van der Waals surface area (Å²) in [6.07, 6.45) is 0. The predicted molar refractivity (Wildman–Crippen MR) is 119 cm³/mol. The average molecular weight is 443 g/mol. The number of amides is 2. The zero-order valence-electron chi connectivity index (χ0n) is 15.4. The summed E-state index contributed by atoms with van der Waals surface area (Å²) in [5.74, 6) is -1.21. The van der Waals surface area contributed by atoms with E-state index in [2.05, 4.69) is 21.5 Å². The van der Waals surface area contributed by atoms with E-state index in [9.17, 15) is 14.0 Å². The minimum Gasteiger partial charge on any atom is -0.331 e. The smallest absolute Gasteiger partial charge is 0.269 e. The number of carbonyl (C=O) groups is 2. The van der Waals surface area contributed by atoms with E-state index in [1.54, 1.807) is 48.5 Å². The summed E-state index contributed by atoms with van der Waals surface area (Å²) >= 11 is 10.9. The van der Waals surface area contributed by atoms with Gasteiger partial charge in [-0.25, -0.2) is 4.39 Å². The number of halogens is 2. The lowest BCUT2D eigenvalue weighted by Crippen LogP contribution is -2.43. The SMILES string of the molecule is O=C(NNC(=S)Nc1ccc(Cl)cc1)c1ccc(NC(=O)c2ccc(F)cc2)cc1. The normalized spacial score (nSPS) is 10.1. The van der Waals surface area contributed by atoms with Crippen molar-refractivity contribution < 1.29 is 14.0 Å². The molecule has 30 heavy (non-hydrogen) atoms. The predicted octanol–water partition coefficient (Wildman–Crippen LogP) is 4.36. The molecule has 0 saturated carbocycles. The Balaban J connectivity index is 1.50. The third-order valence-corrected chi connectivity index (χ3v) is 4.36. The fourth-order valence-corrected chi connectivity index (χ4v) is 2.69. The van der Waals surface area contributed by atoms with Gasteiger partial charge in [0.2, 0.25) is 0 Å². The molecule has 0 fully saturated rings. The van der Waals surface area contributed by atoms with Crippen molar-refractivity contribution in [3.8, 4) is 0 Å². The van der Waals surface area contributed by atoms with E-state index in [4.69, 9.17) is 23.8 Å². The Morgan fingerprint density at radius 1 is 0.700 bits per heavy atom. The van der Waals surface area contributed by atoms with Crippen LogP contribution < -0.4 is 21.5 Å². The molecule has 3 rings (SSSR count). The Morgan fingerprint density at radius 2 is 1.20 bits per heavy atom. The molecule has 0 saturated heterocycles. The van der Waals surface area contributed by atoms with Crippen molar-refractivity contribution in [3.05, 3.63) is 94.8 Å². The minimum atomic E-state index is -0.418. The Morgan fingerprint density at radius 3 is 1.83 bits per heavy atom. The van der Waals surface area contributed by atoms with Gasteiger partial charge in [0.25, 0.3) is 11.8 Å². The van der Waals surface area contributed by atoms with Gasteiger partial charge in [-0.2, -0.15) is 0 Å². The Hall–Kier alpha value is -3.49. The van der Waals surface area contributed by atoms with Crippen LogP contribution in [0.15, 0.2) is 72.8 Å². The molecule has 4 N–H and O–H groups in total. The Bertz CT molecular complexity index is 1060. The molecule has 0 bridgehead atoms. The van der Waals surface area contributed by atoms with Gasteiger partial charge in [-0.3, -0.25) is 20.4 Å². The largest absolute Gasteiger partial charge is 0.331 e. The lowest BCUT2D eigenvalue weighted by atomic mass is 10.1. The van der Waals surface area contributed by atoms with Crippen LogP contribution in [0.1, 0.15) is 20.7 Å². The van der Waals surface area contributed by atoms with Crippen LogP contribution in [0.4, 0.5) is 15.8 Å². The van der Waals surface area contributed by atoms with Gasteiger partial charge in [0.15, 0.2) is 5.11 Å². The minimum absolute atomic E-state index is 0.203. The first-order valence-electron chi connectivity index (χ1n) is 8.70. The summed E-state index contributed by atoms with van der Waals surface area (Å²) in [7, 11) is 0. The second kappa shape index (κ2) is 9.82. The van der Waals surface area contributed by atoms with Crippen molar-refractivity contribution >= 4 is 52.1 Å². The van der Waals surface area contributed by atoms with Crippen LogP contribution in [-0.4, -0.2) is 16.9 Å². The van der Waals surface area contributed by atoms with Gasteiger partial charge in [-0.1, -0.05) is 11.6 Å². The highest BCUT2D eigenvalue weighted by molar-refractivity contribution is 7.80. The lowest BCUT2D eigenvalue weighted by Gasteiger charge is -2.12. The van der Waals surface area contributed by atoms with E-state index in [-0.39, 0.29) is 11.0 Å².